The third-order valence-electron chi connectivity index (χ3n) is 5.63. The first kappa shape index (κ1) is 23.0. The van der Waals surface area contributed by atoms with Crippen LogP contribution in [0.25, 0.3) is 0 Å². The van der Waals surface area contributed by atoms with Gasteiger partial charge in [-0.15, -0.1) is 24.0 Å². The molecule has 162 valence electrons. The highest BCUT2D eigenvalue weighted by Gasteiger charge is 2.23. The molecule has 0 aliphatic carbocycles. The van der Waals surface area contributed by atoms with Gasteiger partial charge in [-0.2, -0.15) is 0 Å². The second kappa shape index (κ2) is 10.6. The molecule has 2 aliphatic heterocycles. The molecule has 0 bridgehead atoms. The SMILES string of the molecule is C[C@@H]1CN(Cc2ccc(CN(C)C3=NCC(c4ccccc4)N3)cc2)C[C@H](C)O1.I. The average molecular weight is 520 g/mol. The molecule has 2 heterocycles. The van der Waals surface area contributed by atoms with Gasteiger partial charge >= 0.3 is 0 Å². The predicted octanol–water partition coefficient (Wildman–Crippen LogP) is 4.05. The van der Waals surface area contributed by atoms with Crippen molar-refractivity contribution in [2.45, 2.75) is 45.2 Å². The maximum Gasteiger partial charge on any atom is 0.194 e. The number of nitrogens with one attached hydrogen (secondary N) is 1. The van der Waals surface area contributed by atoms with Crippen molar-refractivity contribution in [3.05, 3.63) is 71.3 Å². The molecule has 6 heteroatoms. The molecule has 4 rings (SSSR count). The van der Waals surface area contributed by atoms with Gasteiger partial charge in [0, 0.05) is 33.2 Å². The Labute approximate surface area is 197 Å². The molecule has 1 fully saturated rings. The summed E-state index contributed by atoms with van der Waals surface area (Å²) in [5.41, 5.74) is 3.95. The number of benzene rings is 2. The number of nitrogens with zero attached hydrogens (tertiary/aromatic N) is 3. The summed E-state index contributed by atoms with van der Waals surface area (Å²) in [7, 11) is 2.10. The van der Waals surface area contributed by atoms with Gasteiger partial charge in [0.15, 0.2) is 5.96 Å². The molecule has 0 aromatic heterocycles. The zero-order chi connectivity index (χ0) is 20.2. The molecule has 2 aromatic carbocycles. The van der Waals surface area contributed by atoms with Gasteiger partial charge in [-0.3, -0.25) is 9.89 Å². The molecule has 30 heavy (non-hydrogen) atoms. The maximum absolute atomic E-state index is 5.84. The third kappa shape index (κ3) is 5.95. The molecule has 5 nitrogen and oxygen atoms in total. The van der Waals surface area contributed by atoms with Crippen LogP contribution < -0.4 is 5.32 Å². The van der Waals surface area contributed by atoms with E-state index < -0.39 is 0 Å². The standard InChI is InChI=1S/C24H32N4O.HI/c1-18-14-28(15-19(2)29-18)17-21-11-9-20(10-12-21)16-27(3)24-25-13-23(26-24)22-7-5-4-6-8-22;/h4-12,18-19,23H,13-17H2,1-3H3,(H,25,26);1H/t18-,19+,23?;. The number of rotatable bonds is 5. The van der Waals surface area contributed by atoms with Crippen LogP contribution in [0.4, 0.5) is 0 Å². The van der Waals surface area contributed by atoms with Crippen molar-refractivity contribution in [2.75, 3.05) is 26.7 Å². The van der Waals surface area contributed by atoms with Gasteiger partial charge in [-0.25, -0.2) is 0 Å². The highest BCUT2D eigenvalue weighted by Crippen LogP contribution is 2.19. The van der Waals surface area contributed by atoms with Crippen molar-refractivity contribution in [3.63, 3.8) is 0 Å². The summed E-state index contributed by atoms with van der Waals surface area (Å²) in [6.45, 7) is 8.94. The minimum Gasteiger partial charge on any atom is -0.373 e. The van der Waals surface area contributed by atoms with E-state index >= 15 is 0 Å². The van der Waals surface area contributed by atoms with Crippen molar-refractivity contribution in [2.24, 2.45) is 4.99 Å². The van der Waals surface area contributed by atoms with E-state index in [0.29, 0.717) is 12.2 Å². The quantitative estimate of drug-likeness (QED) is 0.605. The third-order valence-corrected chi connectivity index (χ3v) is 5.63. The van der Waals surface area contributed by atoms with Gasteiger partial charge in [-0.05, 0) is 30.5 Å². The summed E-state index contributed by atoms with van der Waals surface area (Å²) in [6.07, 6.45) is 0.622. The molecule has 1 unspecified atom stereocenters. The number of hydrogen-bond acceptors (Lipinski definition) is 5. The number of aliphatic imine (C=N–C) groups is 1. The first-order valence-corrected chi connectivity index (χ1v) is 10.6. The van der Waals surface area contributed by atoms with Crippen LogP contribution in [0.3, 0.4) is 0 Å². The minimum absolute atomic E-state index is 0. The molecule has 0 amide bonds. The van der Waals surface area contributed by atoms with Crippen LogP contribution in [0.15, 0.2) is 59.6 Å². The van der Waals surface area contributed by atoms with E-state index in [0.717, 1.165) is 38.7 Å². The summed E-state index contributed by atoms with van der Waals surface area (Å²) in [4.78, 5) is 9.40. The summed E-state index contributed by atoms with van der Waals surface area (Å²) in [6, 6.07) is 19.8. The molecule has 2 aliphatic rings. The summed E-state index contributed by atoms with van der Waals surface area (Å²) in [5, 5.41) is 3.56. The molecule has 0 saturated carbocycles. The van der Waals surface area contributed by atoms with Crippen LogP contribution in [0.2, 0.25) is 0 Å². The topological polar surface area (TPSA) is 40.1 Å². The lowest BCUT2D eigenvalue weighted by Gasteiger charge is -2.35. The van der Waals surface area contributed by atoms with E-state index in [2.05, 4.69) is 90.6 Å². The van der Waals surface area contributed by atoms with Crippen molar-refractivity contribution in [3.8, 4) is 0 Å². The Morgan fingerprint density at radius 2 is 1.63 bits per heavy atom. The number of halogens is 1. The van der Waals surface area contributed by atoms with Crippen LogP contribution in [0, 0.1) is 0 Å². The van der Waals surface area contributed by atoms with Gasteiger partial charge in [0.2, 0.25) is 0 Å². The lowest BCUT2D eigenvalue weighted by atomic mass is 10.1. The zero-order valence-electron chi connectivity index (χ0n) is 18.1. The fraction of sp³-hybridized carbons (Fsp3) is 0.458. The van der Waals surface area contributed by atoms with Crippen molar-refractivity contribution >= 4 is 29.9 Å². The maximum atomic E-state index is 5.84. The second-order valence-electron chi connectivity index (χ2n) is 8.40. The number of guanidine groups is 1. The van der Waals surface area contributed by atoms with E-state index in [1.165, 1.54) is 16.7 Å². The van der Waals surface area contributed by atoms with E-state index in [1.807, 2.05) is 0 Å². The average Bonchev–Trinajstić information content (AvgIpc) is 3.20. The van der Waals surface area contributed by atoms with Crippen LogP contribution in [-0.2, 0) is 17.8 Å². The van der Waals surface area contributed by atoms with Gasteiger partial charge in [0.05, 0.1) is 24.8 Å². The van der Waals surface area contributed by atoms with Gasteiger partial charge in [0.1, 0.15) is 0 Å². The number of hydrogen-bond donors (Lipinski definition) is 1. The molecular formula is C24H33IN4O. The van der Waals surface area contributed by atoms with E-state index in [-0.39, 0.29) is 30.0 Å². The molecule has 0 radical (unpaired) electrons. The Morgan fingerprint density at radius 3 is 2.30 bits per heavy atom. The fourth-order valence-corrected chi connectivity index (χ4v) is 4.30. The summed E-state index contributed by atoms with van der Waals surface area (Å²) >= 11 is 0. The first-order chi connectivity index (χ1) is 14.1. The highest BCUT2D eigenvalue weighted by molar-refractivity contribution is 14.0. The smallest absolute Gasteiger partial charge is 0.194 e. The Bertz CT molecular complexity index is 817. The van der Waals surface area contributed by atoms with E-state index in [4.69, 9.17) is 9.73 Å². The van der Waals surface area contributed by atoms with Crippen LogP contribution in [-0.4, -0.2) is 54.6 Å². The molecule has 1 saturated heterocycles. The van der Waals surface area contributed by atoms with Crippen LogP contribution in [0.5, 0.6) is 0 Å². The fourth-order valence-electron chi connectivity index (χ4n) is 4.30. The zero-order valence-corrected chi connectivity index (χ0v) is 20.5. The molecule has 2 aromatic rings. The van der Waals surface area contributed by atoms with Crippen molar-refractivity contribution < 1.29 is 4.74 Å². The summed E-state index contributed by atoms with van der Waals surface area (Å²) < 4.78 is 5.84. The summed E-state index contributed by atoms with van der Waals surface area (Å²) in [5.74, 6) is 0.972. The van der Waals surface area contributed by atoms with Crippen molar-refractivity contribution in [1.82, 2.24) is 15.1 Å². The second-order valence-corrected chi connectivity index (χ2v) is 8.40. The molecule has 1 N–H and O–H groups in total. The molecule has 0 spiro atoms. The lowest BCUT2D eigenvalue weighted by Crippen LogP contribution is -2.44. The van der Waals surface area contributed by atoms with E-state index in [9.17, 15) is 0 Å². The molecule has 3 atom stereocenters. The van der Waals surface area contributed by atoms with E-state index in [1.54, 1.807) is 0 Å². The number of ether oxygens (including phenoxy) is 1. The Hall–Kier alpha value is -1.64. The Morgan fingerprint density at radius 1 is 1.00 bits per heavy atom. The largest absolute Gasteiger partial charge is 0.373 e. The van der Waals surface area contributed by atoms with Gasteiger partial charge in [-0.1, -0.05) is 54.6 Å². The normalized spacial score (nSPS) is 24.0. The Balaban J connectivity index is 0.00000256. The van der Waals surface area contributed by atoms with Gasteiger partial charge in [0.25, 0.3) is 0 Å². The highest BCUT2D eigenvalue weighted by atomic mass is 127. The van der Waals surface area contributed by atoms with Crippen LogP contribution >= 0.6 is 24.0 Å². The monoisotopic (exact) mass is 520 g/mol. The van der Waals surface area contributed by atoms with Gasteiger partial charge < -0.3 is 15.0 Å². The van der Waals surface area contributed by atoms with Crippen LogP contribution in [0.1, 0.15) is 36.6 Å². The Kier molecular flexibility index (Phi) is 8.13. The van der Waals surface area contributed by atoms with Crippen molar-refractivity contribution in [1.29, 1.82) is 0 Å². The first-order valence-electron chi connectivity index (χ1n) is 10.6. The molecular weight excluding hydrogens is 487 g/mol. The lowest BCUT2D eigenvalue weighted by molar-refractivity contribution is -0.0704. The number of morpholine rings is 1. The predicted molar refractivity (Wildman–Crippen MR) is 133 cm³/mol. The minimum atomic E-state index is 0.